The van der Waals surface area contributed by atoms with Gasteiger partial charge in [0, 0.05) is 29.5 Å². The Hall–Kier alpha value is -2.87. The lowest BCUT2D eigenvalue weighted by Crippen LogP contribution is -2.39. The predicted octanol–water partition coefficient (Wildman–Crippen LogP) is 4.26. The van der Waals surface area contributed by atoms with Gasteiger partial charge >= 0.3 is 0 Å². The van der Waals surface area contributed by atoms with E-state index in [-0.39, 0.29) is 23.2 Å². The van der Waals surface area contributed by atoms with E-state index in [2.05, 4.69) is 4.99 Å². The first-order chi connectivity index (χ1) is 13.0. The molecule has 7 nitrogen and oxygen atoms in total. The number of nitrogens with zero attached hydrogens (tertiary/aromatic N) is 3. The van der Waals surface area contributed by atoms with E-state index in [4.69, 9.17) is 4.74 Å². The van der Waals surface area contributed by atoms with E-state index < -0.39 is 4.92 Å². The molecule has 2 aromatic rings. The number of carbonyl (C=O) groups excluding carboxylic acids is 1. The maximum absolute atomic E-state index is 13.1. The zero-order valence-electron chi connectivity index (χ0n) is 15.0. The average Bonchev–Trinajstić information content (AvgIpc) is 3.10. The van der Waals surface area contributed by atoms with Gasteiger partial charge in [0.25, 0.3) is 11.6 Å². The number of amides is 1. The van der Waals surface area contributed by atoms with Crippen LogP contribution in [0.25, 0.3) is 0 Å². The number of carbonyl (C=O) groups is 1. The second kappa shape index (κ2) is 8.22. The van der Waals surface area contributed by atoms with Crippen molar-refractivity contribution in [1.29, 1.82) is 0 Å². The van der Waals surface area contributed by atoms with Crippen molar-refractivity contribution in [3.8, 4) is 5.75 Å². The lowest BCUT2D eigenvalue weighted by Gasteiger charge is -2.23. The van der Waals surface area contributed by atoms with Crippen molar-refractivity contribution < 1.29 is 14.5 Å². The van der Waals surface area contributed by atoms with Crippen LogP contribution in [0.1, 0.15) is 23.7 Å². The molecule has 0 unspecified atom stereocenters. The molecule has 0 aliphatic carbocycles. The molecule has 0 spiro atoms. The number of aliphatic imine (C=N–C) groups is 1. The highest BCUT2D eigenvalue weighted by molar-refractivity contribution is 8.14. The summed E-state index contributed by atoms with van der Waals surface area (Å²) < 4.78 is 5.15. The van der Waals surface area contributed by atoms with Gasteiger partial charge in [-0.1, -0.05) is 24.8 Å². The standard InChI is InChI=1S/C19H19N3O4S/c1-3-15-12-27-19(20-14-7-9-17(26-2)10-8-14)21(15)18(23)13-5-4-6-16(11-13)22(24)25/h4-11,15H,3,12H2,1-2H3/t15-/m1/s1. The second-order valence-electron chi connectivity index (χ2n) is 5.95. The first-order valence-electron chi connectivity index (χ1n) is 8.47. The minimum Gasteiger partial charge on any atom is -0.497 e. The van der Waals surface area contributed by atoms with Crippen molar-refractivity contribution in [3.05, 3.63) is 64.2 Å². The molecule has 1 amide bonds. The Morgan fingerprint density at radius 3 is 2.70 bits per heavy atom. The molecular weight excluding hydrogens is 366 g/mol. The number of hydrogen-bond donors (Lipinski definition) is 0. The largest absolute Gasteiger partial charge is 0.497 e. The van der Waals surface area contributed by atoms with Crippen LogP contribution in [-0.4, -0.2) is 39.8 Å². The van der Waals surface area contributed by atoms with Gasteiger partial charge in [-0.15, -0.1) is 0 Å². The summed E-state index contributed by atoms with van der Waals surface area (Å²) in [6.07, 6.45) is 0.773. The Labute approximate surface area is 161 Å². The first-order valence-corrected chi connectivity index (χ1v) is 9.45. The van der Waals surface area contributed by atoms with Crippen LogP contribution in [0.2, 0.25) is 0 Å². The van der Waals surface area contributed by atoms with Crippen LogP contribution in [0.3, 0.4) is 0 Å². The van der Waals surface area contributed by atoms with Crippen molar-refractivity contribution in [1.82, 2.24) is 4.90 Å². The van der Waals surface area contributed by atoms with Gasteiger partial charge in [0.1, 0.15) is 5.75 Å². The van der Waals surface area contributed by atoms with Gasteiger partial charge in [-0.25, -0.2) is 4.99 Å². The Kier molecular flexibility index (Phi) is 5.75. The molecule has 3 rings (SSSR count). The summed E-state index contributed by atoms with van der Waals surface area (Å²) in [6, 6.07) is 13.1. The van der Waals surface area contributed by atoms with E-state index in [1.165, 1.54) is 30.0 Å². The van der Waals surface area contributed by atoms with Crippen LogP contribution in [0.4, 0.5) is 11.4 Å². The van der Waals surface area contributed by atoms with Gasteiger partial charge in [-0.2, -0.15) is 0 Å². The number of rotatable bonds is 5. The normalized spacial score (nSPS) is 17.9. The number of nitro groups is 1. The van der Waals surface area contributed by atoms with Crippen LogP contribution in [0.15, 0.2) is 53.5 Å². The SMILES string of the molecule is CC[C@@H]1CSC(=Nc2ccc(OC)cc2)N1C(=O)c1cccc([N+](=O)[O-])c1. The zero-order valence-corrected chi connectivity index (χ0v) is 15.8. The number of thioether (sulfide) groups is 1. The van der Waals surface area contributed by atoms with E-state index >= 15 is 0 Å². The number of non-ortho nitro benzene ring substituents is 1. The highest BCUT2D eigenvalue weighted by Crippen LogP contribution is 2.31. The van der Waals surface area contributed by atoms with Crippen molar-refractivity contribution in [2.24, 2.45) is 4.99 Å². The smallest absolute Gasteiger partial charge is 0.270 e. The molecular formula is C19H19N3O4S. The van der Waals surface area contributed by atoms with Crippen molar-refractivity contribution in [3.63, 3.8) is 0 Å². The summed E-state index contributed by atoms with van der Waals surface area (Å²) in [5, 5.41) is 11.6. The highest BCUT2D eigenvalue weighted by Gasteiger charge is 2.35. The number of nitro benzene ring substituents is 1. The molecule has 1 atom stereocenters. The first kappa shape index (κ1) is 18.9. The minimum absolute atomic E-state index is 0.00115. The molecule has 27 heavy (non-hydrogen) atoms. The fraction of sp³-hybridized carbons (Fsp3) is 0.263. The lowest BCUT2D eigenvalue weighted by molar-refractivity contribution is -0.384. The van der Waals surface area contributed by atoms with Crippen molar-refractivity contribution in [2.75, 3.05) is 12.9 Å². The highest BCUT2D eigenvalue weighted by atomic mass is 32.2. The van der Waals surface area contributed by atoms with Crippen LogP contribution in [0, 0.1) is 10.1 Å². The van der Waals surface area contributed by atoms with Gasteiger partial charge in [0.2, 0.25) is 0 Å². The topological polar surface area (TPSA) is 85.0 Å². The molecule has 0 saturated carbocycles. The molecule has 2 aromatic carbocycles. The summed E-state index contributed by atoms with van der Waals surface area (Å²) in [5.41, 5.74) is 0.897. The molecule has 0 bridgehead atoms. The Balaban J connectivity index is 1.93. The quantitative estimate of drug-likeness (QED) is 0.567. The molecule has 1 fully saturated rings. The van der Waals surface area contributed by atoms with Gasteiger partial charge in [-0.05, 0) is 36.8 Å². The Morgan fingerprint density at radius 2 is 2.07 bits per heavy atom. The minimum atomic E-state index is -0.501. The monoisotopic (exact) mass is 385 g/mol. The Bertz CT molecular complexity index is 883. The average molecular weight is 385 g/mol. The lowest BCUT2D eigenvalue weighted by atomic mass is 10.1. The van der Waals surface area contributed by atoms with Gasteiger partial charge in [0.05, 0.1) is 17.7 Å². The fourth-order valence-corrected chi connectivity index (χ4v) is 4.04. The third-order valence-electron chi connectivity index (χ3n) is 4.27. The van der Waals surface area contributed by atoms with Gasteiger partial charge < -0.3 is 4.74 Å². The van der Waals surface area contributed by atoms with Gasteiger partial charge in [0.15, 0.2) is 5.17 Å². The summed E-state index contributed by atoms with van der Waals surface area (Å²) in [5.74, 6) is 1.20. The number of ether oxygens (including phenoxy) is 1. The number of hydrogen-bond acceptors (Lipinski definition) is 6. The van der Waals surface area contributed by atoms with Crippen LogP contribution in [-0.2, 0) is 0 Å². The summed E-state index contributed by atoms with van der Waals surface area (Å²) in [4.78, 5) is 29.9. The van der Waals surface area contributed by atoms with Crippen molar-refractivity contribution >= 4 is 34.2 Å². The predicted molar refractivity (Wildman–Crippen MR) is 106 cm³/mol. The maximum Gasteiger partial charge on any atom is 0.270 e. The maximum atomic E-state index is 13.1. The number of benzene rings is 2. The molecule has 0 N–H and O–H groups in total. The second-order valence-corrected chi connectivity index (χ2v) is 6.94. The molecule has 0 radical (unpaired) electrons. The molecule has 8 heteroatoms. The molecule has 1 aliphatic heterocycles. The van der Waals surface area contributed by atoms with E-state index in [1.807, 2.05) is 31.2 Å². The molecule has 1 saturated heterocycles. The van der Waals surface area contributed by atoms with Gasteiger partial charge in [-0.3, -0.25) is 19.8 Å². The van der Waals surface area contributed by atoms with E-state index in [0.29, 0.717) is 10.9 Å². The van der Waals surface area contributed by atoms with E-state index in [0.717, 1.165) is 17.9 Å². The van der Waals surface area contributed by atoms with Crippen LogP contribution >= 0.6 is 11.8 Å². The van der Waals surface area contributed by atoms with E-state index in [9.17, 15) is 14.9 Å². The zero-order chi connectivity index (χ0) is 19.4. The van der Waals surface area contributed by atoms with E-state index in [1.54, 1.807) is 18.1 Å². The molecule has 0 aromatic heterocycles. The molecule has 140 valence electrons. The Morgan fingerprint density at radius 1 is 1.33 bits per heavy atom. The fourth-order valence-electron chi connectivity index (χ4n) is 2.77. The number of methoxy groups -OCH3 is 1. The van der Waals surface area contributed by atoms with Crippen LogP contribution < -0.4 is 4.74 Å². The summed E-state index contributed by atoms with van der Waals surface area (Å²) in [7, 11) is 1.60. The third-order valence-corrected chi connectivity index (χ3v) is 5.36. The molecule has 1 aliphatic rings. The molecule has 1 heterocycles. The third kappa shape index (κ3) is 4.11. The number of amidine groups is 1. The van der Waals surface area contributed by atoms with Crippen LogP contribution in [0.5, 0.6) is 5.75 Å². The summed E-state index contributed by atoms with van der Waals surface area (Å²) >= 11 is 1.51. The summed E-state index contributed by atoms with van der Waals surface area (Å²) in [6.45, 7) is 2.01. The van der Waals surface area contributed by atoms with Crippen molar-refractivity contribution in [2.45, 2.75) is 19.4 Å².